The van der Waals surface area contributed by atoms with Gasteiger partial charge in [0.05, 0.1) is 25.0 Å². The molecule has 0 spiro atoms. The highest BCUT2D eigenvalue weighted by Crippen LogP contribution is 2.30. The summed E-state index contributed by atoms with van der Waals surface area (Å²) < 4.78 is 11.6. The number of nitrogens with one attached hydrogen (secondary N) is 1. The van der Waals surface area contributed by atoms with Crippen molar-refractivity contribution in [3.8, 4) is 0 Å². The number of furan rings is 1. The van der Waals surface area contributed by atoms with Crippen LogP contribution in [-0.4, -0.2) is 43.3 Å². The van der Waals surface area contributed by atoms with Gasteiger partial charge in [-0.05, 0) is 44.9 Å². The second-order valence-corrected chi connectivity index (χ2v) is 5.76. The van der Waals surface area contributed by atoms with Gasteiger partial charge in [-0.3, -0.25) is 4.90 Å². The first-order valence-electron chi connectivity index (χ1n) is 7.41. The summed E-state index contributed by atoms with van der Waals surface area (Å²) in [4.78, 5) is 2.53. The van der Waals surface area contributed by atoms with Gasteiger partial charge in [0.15, 0.2) is 0 Å². The van der Waals surface area contributed by atoms with E-state index in [0.29, 0.717) is 12.2 Å². The van der Waals surface area contributed by atoms with Crippen LogP contribution in [0.1, 0.15) is 31.4 Å². The third kappa shape index (κ3) is 3.59. The lowest BCUT2D eigenvalue weighted by Gasteiger charge is -2.24. The fourth-order valence-electron chi connectivity index (χ4n) is 2.94. The summed E-state index contributed by atoms with van der Waals surface area (Å²) in [6, 6.07) is 4.78. The van der Waals surface area contributed by atoms with E-state index in [-0.39, 0.29) is 0 Å². The molecular weight excluding hydrogens is 240 g/mol. The summed E-state index contributed by atoms with van der Waals surface area (Å²) in [5, 5.41) is 3.20. The second-order valence-electron chi connectivity index (χ2n) is 5.76. The Morgan fingerprint density at radius 3 is 2.79 bits per heavy atom. The molecule has 2 fully saturated rings. The first kappa shape index (κ1) is 13.2. The van der Waals surface area contributed by atoms with Gasteiger partial charge < -0.3 is 14.5 Å². The zero-order chi connectivity index (χ0) is 13.1. The predicted molar refractivity (Wildman–Crippen MR) is 74.0 cm³/mol. The van der Waals surface area contributed by atoms with Crippen LogP contribution in [0.3, 0.4) is 0 Å². The Balaban J connectivity index is 1.51. The number of likely N-dealkylation sites (N-methyl/N-ethyl adjacent to an activating group) is 1. The Hall–Kier alpha value is -0.840. The average molecular weight is 264 g/mol. The molecule has 1 saturated heterocycles. The van der Waals surface area contributed by atoms with Gasteiger partial charge in [0.1, 0.15) is 5.76 Å². The van der Waals surface area contributed by atoms with Crippen LogP contribution in [0.25, 0.3) is 0 Å². The van der Waals surface area contributed by atoms with Crippen LogP contribution in [0.2, 0.25) is 0 Å². The van der Waals surface area contributed by atoms with Gasteiger partial charge >= 0.3 is 0 Å². The van der Waals surface area contributed by atoms with Crippen LogP contribution < -0.4 is 5.32 Å². The SMILES string of the molecule is CNCC1CCC(CN(Cc2ccco2)C2CC2)O1. The molecule has 1 N–H and O–H groups in total. The van der Waals surface area contributed by atoms with Crippen LogP contribution >= 0.6 is 0 Å². The van der Waals surface area contributed by atoms with E-state index in [1.54, 1.807) is 6.26 Å². The fraction of sp³-hybridized carbons (Fsp3) is 0.733. The maximum atomic E-state index is 6.09. The van der Waals surface area contributed by atoms with Gasteiger partial charge in [-0.2, -0.15) is 0 Å². The van der Waals surface area contributed by atoms with Gasteiger partial charge in [-0.15, -0.1) is 0 Å². The summed E-state index contributed by atoms with van der Waals surface area (Å²) >= 11 is 0. The summed E-state index contributed by atoms with van der Waals surface area (Å²) in [7, 11) is 1.99. The Morgan fingerprint density at radius 2 is 2.11 bits per heavy atom. The van der Waals surface area contributed by atoms with Crippen LogP contribution in [0.5, 0.6) is 0 Å². The number of nitrogens with zero attached hydrogens (tertiary/aromatic N) is 1. The van der Waals surface area contributed by atoms with Gasteiger partial charge in [0, 0.05) is 19.1 Å². The molecular formula is C15H24N2O2. The maximum absolute atomic E-state index is 6.09. The van der Waals surface area contributed by atoms with E-state index in [1.807, 2.05) is 13.1 Å². The highest BCUT2D eigenvalue weighted by atomic mass is 16.5. The normalized spacial score (nSPS) is 27.3. The molecule has 1 aromatic rings. The van der Waals surface area contributed by atoms with E-state index in [2.05, 4.69) is 16.3 Å². The van der Waals surface area contributed by atoms with Crippen molar-refractivity contribution in [3.05, 3.63) is 24.2 Å². The molecule has 2 atom stereocenters. The van der Waals surface area contributed by atoms with Crippen LogP contribution in [0.4, 0.5) is 0 Å². The van der Waals surface area contributed by atoms with Crippen LogP contribution in [0, 0.1) is 0 Å². The highest BCUT2D eigenvalue weighted by Gasteiger charge is 2.33. The molecule has 1 aliphatic heterocycles. The van der Waals surface area contributed by atoms with Crippen molar-refractivity contribution in [2.45, 2.75) is 50.5 Å². The summed E-state index contributed by atoms with van der Waals surface area (Å²) in [5.74, 6) is 1.07. The van der Waals surface area contributed by atoms with E-state index >= 15 is 0 Å². The largest absolute Gasteiger partial charge is 0.468 e. The Labute approximate surface area is 115 Å². The molecule has 1 aromatic heterocycles. The summed E-state index contributed by atoms with van der Waals surface area (Å²) in [6.45, 7) is 2.94. The van der Waals surface area contributed by atoms with Gasteiger partial charge in [0.2, 0.25) is 0 Å². The second kappa shape index (κ2) is 6.07. The van der Waals surface area contributed by atoms with E-state index in [1.165, 1.54) is 25.7 Å². The minimum Gasteiger partial charge on any atom is -0.468 e. The zero-order valence-electron chi connectivity index (χ0n) is 11.7. The first-order valence-corrected chi connectivity index (χ1v) is 7.41. The van der Waals surface area contributed by atoms with Crippen molar-refractivity contribution in [2.24, 2.45) is 0 Å². The smallest absolute Gasteiger partial charge is 0.117 e. The van der Waals surface area contributed by atoms with Gasteiger partial charge in [0.25, 0.3) is 0 Å². The Morgan fingerprint density at radius 1 is 1.26 bits per heavy atom. The van der Waals surface area contributed by atoms with E-state index in [4.69, 9.17) is 9.15 Å². The molecule has 2 unspecified atom stereocenters. The number of hydrogen-bond donors (Lipinski definition) is 1. The average Bonchev–Trinajstić information content (AvgIpc) is 2.95. The fourth-order valence-corrected chi connectivity index (χ4v) is 2.94. The predicted octanol–water partition coefficient (Wildman–Crippen LogP) is 2.01. The minimum atomic E-state index is 0.397. The van der Waals surface area contributed by atoms with Crippen molar-refractivity contribution in [1.29, 1.82) is 0 Å². The standard InChI is InChI=1S/C15H24N2O2/c1-16-9-13-6-7-15(19-13)11-17(12-4-5-12)10-14-3-2-8-18-14/h2-3,8,12-13,15-16H,4-7,9-11H2,1H3. The third-order valence-corrected chi connectivity index (χ3v) is 4.07. The lowest BCUT2D eigenvalue weighted by atomic mass is 10.2. The number of ether oxygens (including phenoxy) is 1. The minimum absolute atomic E-state index is 0.397. The van der Waals surface area contributed by atoms with E-state index in [9.17, 15) is 0 Å². The van der Waals surface area contributed by atoms with Crippen molar-refractivity contribution in [1.82, 2.24) is 10.2 Å². The summed E-state index contributed by atoms with van der Waals surface area (Å²) in [5.41, 5.74) is 0. The quantitative estimate of drug-likeness (QED) is 0.817. The van der Waals surface area contributed by atoms with Crippen LogP contribution in [0.15, 0.2) is 22.8 Å². The van der Waals surface area contributed by atoms with Crippen molar-refractivity contribution >= 4 is 0 Å². The molecule has 0 aromatic carbocycles. The van der Waals surface area contributed by atoms with Crippen molar-refractivity contribution < 1.29 is 9.15 Å². The number of rotatable bonds is 7. The molecule has 0 amide bonds. The first-order chi connectivity index (χ1) is 9.35. The molecule has 4 heteroatoms. The molecule has 2 heterocycles. The highest BCUT2D eigenvalue weighted by molar-refractivity contribution is 5.00. The molecule has 3 rings (SSSR count). The lowest BCUT2D eigenvalue weighted by Crippen LogP contribution is -2.34. The molecule has 2 aliphatic rings. The monoisotopic (exact) mass is 264 g/mol. The Kier molecular flexibility index (Phi) is 4.21. The molecule has 19 heavy (non-hydrogen) atoms. The van der Waals surface area contributed by atoms with Crippen molar-refractivity contribution in [2.75, 3.05) is 20.1 Å². The van der Waals surface area contributed by atoms with E-state index < -0.39 is 0 Å². The van der Waals surface area contributed by atoms with Gasteiger partial charge in [-0.25, -0.2) is 0 Å². The lowest BCUT2D eigenvalue weighted by molar-refractivity contribution is 0.0195. The number of hydrogen-bond acceptors (Lipinski definition) is 4. The zero-order valence-corrected chi connectivity index (χ0v) is 11.7. The molecule has 0 bridgehead atoms. The molecule has 106 valence electrons. The topological polar surface area (TPSA) is 37.6 Å². The van der Waals surface area contributed by atoms with E-state index in [0.717, 1.165) is 31.4 Å². The van der Waals surface area contributed by atoms with Crippen molar-refractivity contribution in [3.63, 3.8) is 0 Å². The molecule has 0 radical (unpaired) electrons. The molecule has 1 saturated carbocycles. The Bertz CT molecular complexity index is 376. The maximum Gasteiger partial charge on any atom is 0.117 e. The van der Waals surface area contributed by atoms with Gasteiger partial charge in [-0.1, -0.05) is 0 Å². The third-order valence-electron chi connectivity index (χ3n) is 4.07. The molecule has 4 nitrogen and oxygen atoms in total. The van der Waals surface area contributed by atoms with Crippen LogP contribution in [-0.2, 0) is 11.3 Å². The molecule has 1 aliphatic carbocycles. The summed E-state index contributed by atoms with van der Waals surface area (Å²) in [6.07, 6.45) is 7.59.